The van der Waals surface area contributed by atoms with Gasteiger partial charge >= 0.3 is 0 Å². The number of aromatic nitrogens is 1. The summed E-state index contributed by atoms with van der Waals surface area (Å²) in [4.78, 5) is 19.8. The van der Waals surface area contributed by atoms with Crippen LogP contribution in [0, 0.1) is 11.7 Å². The van der Waals surface area contributed by atoms with Gasteiger partial charge in [0.1, 0.15) is 15.5 Å². The summed E-state index contributed by atoms with van der Waals surface area (Å²) in [5.41, 5.74) is 0.244. The van der Waals surface area contributed by atoms with Crippen LogP contribution in [0.3, 0.4) is 0 Å². The van der Waals surface area contributed by atoms with E-state index in [1.54, 1.807) is 34.5 Å². The van der Waals surface area contributed by atoms with E-state index in [2.05, 4.69) is 4.98 Å². The summed E-state index contributed by atoms with van der Waals surface area (Å²) in [6, 6.07) is 8.06. The van der Waals surface area contributed by atoms with E-state index in [1.165, 1.54) is 33.0 Å². The first kappa shape index (κ1) is 22.9. The molecular formula is C22H24FN3O4S3. The third-order valence-electron chi connectivity index (χ3n) is 6.09. The summed E-state index contributed by atoms with van der Waals surface area (Å²) < 4.78 is 48.5. The van der Waals surface area contributed by atoms with Crippen molar-refractivity contribution in [2.75, 3.05) is 31.1 Å². The van der Waals surface area contributed by atoms with E-state index in [-0.39, 0.29) is 28.3 Å². The van der Waals surface area contributed by atoms with Gasteiger partial charge in [-0.15, -0.1) is 11.3 Å². The maximum atomic E-state index is 14.3. The minimum Gasteiger partial charge on any atom is -0.376 e. The van der Waals surface area contributed by atoms with Crippen LogP contribution in [0.2, 0.25) is 0 Å². The van der Waals surface area contributed by atoms with E-state index in [0.29, 0.717) is 42.4 Å². The number of anilines is 1. The van der Waals surface area contributed by atoms with E-state index in [9.17, 15) is 17.6 Å². The van der Waals surface area contributed by atoms with Gasteiger partial charge in [0.05, 0.1) is 23.3 Å². The zero-order valence-corrected chi connectivity index (χ0v) is 20.3. The summed E-state index contributed by atoms with van der Waals surface area (Å²) in [6.07, 6.45) is 2.85. The average molecular weight is 510 g/mol. The number of hydrogen-bond acceptors (Lipinski definition) is 7. The van der Waals surface area contributed by atoms with Crippen LogP contribution in [-0.4, -0.2) is 56.0 Å². The fourth-order valence-corrected chi connectivity index (χ4v) is 8.06. The van der Waals surface area contributed by atoms with Gasteiger partial charge < -0.3 is 4.74 Å². The Kier molecular flexibility index (Phi) is 6.49. The van der Waals surface area contributed by atoms with Gasteiger partial charge in [0, 0.05) is 19.7 Å². The van der Waals surface area contributed by atoms with Crippen molar-refractivity contribution in [1.82, 2.24) is 9.29 Å². The molecule has 4 heterocycles. The number of nitrogens with zero attached hydrogens (tertiary/aromatic N) is 3. The van der Waals surface area contributed by atoms with Crippen LogP contribution in [0.25, 0.3) is 10.2 Å². The third kappa shape index (κ3) is 4.57. The molecule has 2 saturated heterocycles. The van der Waals surface area contributed by atoms with Crippen LogP contribution in [0.4, 0.5) is 9.52 Å². The molecule has 0 saturated carbocycles. The average Bonchev–Trinajstić information content (AvgIpc) is 3.59. The molecule has 0 spiro atoms. The lowest BCUT2D eigenvalue weighted by atomic mass is 9.98. The second-order valence-electron chi connectivity index (χ2n) is 8.30. The standard InChI is InChI=1S/C22H24FN3O4S3/c23-17-7-1-8-18-20(17)24-22(32-18)26(14-16-6-3-11-30-16)21(27)15-5-2-10-25(13-15)33(28,29)19-9-4-12-31-19/h1,4,7-9,12,15-16H,2-3,5-6,10-11,13-14H2. The number of hydrogen-bond donors (Lipinski definition) is 0. The van der Waals surface area contributed by atoms with Gasteiger partial charge in [0.2, 0.25) is 5.91 Å². The van der Waals surface area contributed by atoms with Gasteiger partial charge in [0.25, 0.3) is 10.0 Å². The van der Waals surface area contributed by atoms with Crippen molar-refractivity contribution in [3.8, 4) is 0 Å². The number of para-hydroxylation sites is 1. The molecule has 0 bridgehead atoms. The number of ether oxygens (including phenoxy) is 1. The van der Waals surface area contributed by atoms with Gasteiger partial charge in [-0.1, -0.05) is 23.5 Å². The van der Waals surface area contributed by atoms with Crippen molar-refractivity contribution in [3.63, 3.8) is 0 Å². The van der Waals surface area contributed by atoms with Crippen LogP contribution >= 0.6 is 22.7 Å². The lowest BCUT2D eigenvalue weighted by Gasteiger charge is -2.34. The molecule has 1 aromatic carbocycles. The highest BCUT2D eigenvalue weighted by atomic mass is 32.2. The number of rotatable bonds is 6. The van der Waals surface area contributed by atoms with E-state index in [1.807, 2.05) is 0 Å². The van der Waals surface area contributed by atoms with Crippen molar-refractivity contribution >= 4 is 54.0 Å². The largest absolute Gasteiger partial charge is 0.376 e. The molecule has 11 heteroatoms. The summed E-state index contributed by atoms with van der Waals surface area (Å²) >= 11 is 2.44. The van der Waals surface area contributed by atoms with Gasteiger partial charge in [-0.3, -0.25) is 9.69 Å². The molecule has 2 unspecified atom stereocenters. The highest BCUT2D eigenvalue weighted by molar-refractivity contribution is 7.91. The number of thiazole rings is 1. The minimum atomic E-state index is -3.63. The number of halogens is 1. The second-order valence-corrected chi connectivity index (χ2v) is 12.4. The Balaban J connectivity index is 1.43. The number of sulfonamides is 1. The van der Waals surface area contributed by atoms with Crippen molar-refractivity contribution in [2.45, 2.75) is 36.0 Å². The molecular weight excluding hydrogens is 485 g/mol. The molecule has 0 radical (unpaired) electrons. The fraction of sp³-hybridized carbons (Fsp3) is 0.455. The molecule has 2 aliphatic rings. The maximum Gasteiger partial charge on any atom is 0.252 e. The molecule has 3 aromatic rings. The monoisotopic (exact) mass is 509 g/mol. The first-order valence-electron chi connectivity index (χ1n) is 10.9. The summed E-state index contributed by atoms with van der Waals surface area (Å²) in [7, 11) is -3.63. The Hall–Kier alpha value is -1.92. The second kappa shape index (κ2) is 9.38. The number of carbonyl (C=O) groups excluding carboxylic acids is 1. The van der Waals surface area contributed by atoms with E-state index in [0.717, 1.165) is 12.8 Å². The summed E-state index contributed by atoms with van der Waals surface area (Å²) in [6.45, 7) is 1.49. The van der Waals surface area contributed by atoms with Crippen molar-refractivity contribution in [1.29, 1.82) is 0 Å². The molecule has 7 nitrogen and oxygen atoms in total. The molecule has 0 N–H and O–H groups in total. The van der Waals surface area contributed by atoms with Gasteiger partial charge in [-0.05, 0) is 49.3 Å². The normalized spacial score (nSPS) is 22.1. The van der Waals surface area contributed by atoms with Crippen LogP contribution in [0.1, 0.15) is 25.7 Å². The lowest BCUT2D eigenvalue weighted by molar-refractivity contribution is -0.123. The molecule has 2 atom stereocenters. The van der Waals surface area contributed by atoms with Crippen LogP contribution in [0.15, 0.2) is 39.9 Å². The number of amides is 1. The Morgan fingerprint density at radius 2 is 2.12 bits per heavy atom. The Labute approximate surface area is 199 Å². The van der Waals surface area contributed by atoms with Crippen molar-refractivity contribution in [3.05, 3.63) is 41.5 Å². The molecule has 2 aliphatic heterocycles. The van der Waals surface area contributed by atoms with Gasteiger partial charge in [0.15, 0.2) is 5.13 Å². The molecule has 2 aromatic heterocycles. The van der Waals surface area contributed by atoms with E-state index >= 15 is 0 Å². The zero-order chi connectivity index (χ0) is 23.0. The highest BCUT2D eigenvalue weighted by Crippen LogP contribution is 2.34. The van der Waals surface area contributed by atoms with Crippen LogP contribution in [0.5, 0.6) is 0 Å². The number of piperidine rings is 1. The van der Waals surface area contributed by atoms with Gasteiger partial charge in [-0.25, -0.2) is 17.8 Å². The molecule has 5 rings (SSSR count). The Bertz CT molecular complexity index is 1240. The molecule has 1 amide bonds. The summed E-state index contributed by atoms with van der Waals surface area (Å²) in [5.74, 6) is -1.10. The zero-order valence-electron chi connectivity index (χ0n) is 17.9. The minimum absolute atomic E-state index is 0.111. The number of thiophene rings is 1. The molecule has 2 fully saturated rings. The summed E-state index contributed by atoms with van der Waals surface area (Å²) in [5, 5.41) is 2.16. The molecule has 176 valence electrons. The smallest absolute Gasteiger partial charge is 0.252 e. The molecule has 0 aliphatic carbocycles. The Morgan fingerprint density at radius 3 is 2.85 bits per heavy atom. The number of carbonyl (C=O) groups is 1. The topological polar surface area (TPSA) is 79.8 Å². The first-order chi connectivity index (χ1) is 15.9. The van der Waals surface area contributed by atoms with E-state index in [4.69, 9.17) is 4.74 Å². The third-order valence-corrected chi connectivity index (χ3v) is 10.4. The SMILES string of the molecule is O=C(C1CCCN(S(=O)(=O)c2cccs2)C1)N(CC1CCCO1)c1nc2c(F)cccc2s1. The Morgan fingerprint density at radius 1 is 1.24 bits per heavy atom. The maximum absolute atomic E-state index is 14.3. The first-order valence-corrected chi connectivity index (χ1v) is 14.1. The van der Waals surface area contributed by atoms with Crippen LogP contribution in [-0.2, 0) is 19.6 Å². The fourth-order valence-electron chi connectivity index (χ4n) is 4.39. The highest BCUT2D eigenvalue weighted by Gasteiger charge is 2.37. The van der Waals surface area contributed by atoms with E-state index < -0.39 is 21.8 Å². The number of benzene rings is 1. The van der Waals surface area contributed by atoms with Crippen LogP contribution < -0.4 is 4.90 Å². The lowest BCUT2D eigenvalue weighted by Crippen LogP contribution is -2.48. The molecule has 33 heavy (non-hydrogen) atoms. The predicted octanol–water partition coefficient (Wildman–Crippen LogP) is 4.11. The number of fused-ring (bicyclic) bond motifs is 1. The predicted molar refractivity (Wildman–Crippen MR) is 127 cm³/mol. The van der Waals surface area contributed by atoms with Crippen molar-refractivity contribution < 1.29 is 22.3 Å². The quantitative estimate of drug-likeness (QED) is 0.500. The van der Waals surface area contributed by atoms with Gasteiger partial charge in [-0.2, -0.15) is 4.31 Å². The van der Waals surface area contributed by atoms with Crippen molar-refractivity contribution in [2.24, 2.45) is 5.92 Å².